The number of benzene rings is 1. The second kappa shape index (κ2) is 7.33. The number of aryl methyl sites for hydroxylation is 1. The second-order valence-corrected chi connectivity index (χ2v) is 4.83. The minimum absolute atomic E-state index is 0.259. The highest BCUT2D eigenvalue weighted by atomic mass is 16.2. The van der Waals surface area contributed by atoms with E-state index >= 15 is 0 Å². The fourth-order valence-corrected chi connectivity index (χ4v) is 1.96. The number of carbonyl (C=O) groups is 1. The summed E-state index contributed by atoms with van der Waals surface area (Å²) in [7, 11) is 0. The maximum absolute atomic E-state index is 11.9. The molecule has 0 radical (unpaired) electrons. The topological polar surface area (TPSA) is 54.4 Å². The molecule has 0 aliphatic rings. The Kier molecular flexibility index (Phi) is 5.21. The molecule has 1 aromatic heterocycles. The lowest BCUT2D eigenvalue weighted by atomic mass is 10.1. The Labute approximate surface area is 124 Å². The Hall–Kier alpha value is -2.49. The van der Waals surface area contributed by atoms with Crippen LogP contribution in [0, 0.1) is 0 Å². The van der Waals surface area contributed by atoms with E-state index in [1.54, 1.807) is 18.3 Å². The molecule has 0 bridgehead atoms. The van der Waals surface area contributed by atoms with E-state index in [4.69, 9.17) is 0 Å². The first-order chi connectivity index (χ1) is 10.2. The number of carbonyl (C=O) groups excluding carboxylic acids is 1. The maximum Gasteiger partial charge on any atom is 0.272 e. The van der Waals surface area contributed by atoms with Gasteiger partial charge in [-0.1, -0.05) is 37.6 Å². The molecule has 2 rings (SSSR count). The fraction of sp³-hybridized carbons (Fsp3) is 0.235. The monoisotopic (exact) mass is 281 g/mol. The number of hydrogen-bond acceptors (Lipinski definition) is 3. The van der Waals surface area contributed by atoms with Gasteiger partial charge in [0.15, 0.2) is 0 Å². The predicted octanol–water partition coefficient (Wildman–Crippen LogP) is 3.19. The number of hydrazone groups is 1. The number of nitrogens with zero attached hydrogens (tertiary/aromatic N) is 2. The van der Waals surface area contributed by atoms with Crippen LogP contribution in [0.4, 0.5) is 0 Å². The maximum atomic E-state index is 11.9. The zero-order chi connectivity index (χ0) is 15.1. The average molecular weight is 281 g/mol. The highest BCUT2D eigenvalue weighted by Crippen LogP contribution is 2.07. The molecule has 0 aliphatic carbocycles. The van der Waals surface area contributed by atoms with Crippen LogP contribution in [0.1, 0.15) is 41.8 Å². The summed E-state index contributed by atoms with van der Waals surface area (Å²) in [5, 5.41) is 4.14. The molecule has 1 heterocycles. The van der Waals surface area contributed by atoms with Gasteiger partial charge in [0.1, 0.15) is 0 Å². The van der Waals surface area contributed by atoms with Crippen LogP contribution in [0.5, 0.6) is 0 Å². The number of amides is 1. The van der Waals surface area contributed by atoms with Gasteiger partial charge < -0.3 is 0 Å². The van der Waals surface area contributed by atoms with Crippen LogP contribution in [-0.2, 0) is 6.42 Å². The second-order valence-electron chi connectivity index (χ2n) is 4.83. The quantitative estimate of drug-likeness (QED) is 0.676. The summed E-state index contributed by atoms with van der Waals surface area (Å²) in [5.41, 5.74) is 6.13. The normalized spacial score (nSPS) is 11.2. The molecule has 2 aromatic rings. The van der Waals surface area contributed by atoms with Crippen molar-refractivity contribution < 1.29 is 4.79 Å². The van der Waals surface area contributed by atoms with Crippen LogP contribution >= 0.6 is 0 Å². The summed E-state index contributed by atoms with van der Waals surface area (Å²) in [5.74, 6) is -0.259. The number of hydrogen-bond donors (Lipinski definition) is 1. The van der Waals surface area contributed by atoms with E-state index in [0.29, 0.717) is 5.56 Å². The van der Waals surface area contributed by atoms with Gasteiger partial charge in [-0.05, 0) is 36.6 Å². The minimum atomic E-state index is -0.259. The van der Waals surface area contributed by atoms with Gasteiger partial charge in [0.05, 0.1) is 11.3 Å². The predicted molar refractivity (Wildman–Crippen MR) is 84.4 cm³/mol. The van der Waals surface area contributed by atoms with Gasteiger partial charge >= 0.3 is 0 Å². The third-order valence-electron chi connectivity index (χ3n) is 3.16. The minimum Gasteiger partial charge on any atom is -0.267 e. The lowest BCUT2D eigenvalue weighted by Crippen LogP contribution is -2.19. The molecule has 0 unspecified atom stereocenters. The van der Waals surface area contributed by atoms with Crippen molar-refractivity contribution in [1.29, 1.82) is 0 Å². The molecular weight excluding hydrogens is 262 g/mol. The molecule has 0 saturated heterocycles. The van der Waals surface area contributed by atoms with E-state index in [2.05, 4.69) is 34.6 Å². The van der Waals surface area contributed by atoms with Crippen molar-refractivity contribution in [3.8, 4) is 0 Å². The largest absolute Gasteiger partial charge is 0.272 e. The summed E-state index contributed by atoms with van der Waals surface area (Å²) < 4.78 is 0. The van der Waals surface area contributed by atoms with Gasteiger partial charge in [0, 0.05) is 12.4 Å². The molecular formula is C17H19N3O. The van der Waals surface area contributed by atoms with E-state index in [9.17, 15) is 4.79 Å². The van der Waals surface area contributed by atoms with Crippen LogP contribution < -0.4 is 5.43 Å². The molecule has 0 spiro atoms. The number of pyridine rings is 1. The number of nitrogens with one attached hydrogen (secondary N) is 1. The van der Waals surface area contributed by atoms with Gasteiger partial charge in [-0.2, -0.15) is 5.10 Å². The zero-order valence-electron chi connectivity index (χ0n) is 12.3. The van der Waals surface area contributed by atoms with Gasteiger partial charge in [-0.25, -0.2) is 5.43 Å². The van der Waals surface area contributed by atoms with E-state index in [-0.39, 0.29) is 5.91 Å². The molecule has 1 aromatic carbocycles. The first kappa shape index (κ1) is 14.9. The van der Waals surface area contributed by atoms with Crippen LogP contribution in [0.15, 0.2) is 53.9 Å². The molecule has 108 valence electrons. The molecule has 0 aliphatic heterocycles. The summed E-state index contributed by atoms with van der Waals surface area (Å²) in [6.07, 6.45) is 5.35. The lowest BCUT2D eigenvalue weighted by Gasteiger charge is -2.04. The molecule has 1 amide bonds. The Bertz CT molecular complexity index is 618. The Morgan fingerprint density at radius 3 is 2.57 bits per heavy atom. The van der Waals surface area contributed by atoms with Crippen molar-refractivity contribution in [1.82, 2.24) is 10.4 Å². The molecule has 0 fully saturated rings. The summed E-state index contributed by atoms with van der Waals surface area (Å²) in [4.78, 5) is 15.8. The Morgan fingerprint density at radius 2 is 1.95 bits per heavy atom. The highest BCUT2D eigenvalue weighted by molar-refractivity contribution is 6.00. The Balaban J connectivity index is 2.02. The van der Waals surface area contributed by atoms with Crippen molar-refractivity contribution in [2.75, 3.05) is 0 Å². The zero-order valence-corrected chi connectivity index (χ0v) is 12.3. The smallest absolute Gasteiger partial charge is 0.267 e. The van der Waals surface area contributed by atoms with E-state index in [0.717, 1.165) is 24.1 Å². The van der Waals surface area contributed by atoms with E-state index in [1.807, 2.05) is 19.1 Å². The van der Waals surface area contributed by atoms with E-state index < -0.39 is 0 Å². The van der Waals surface area contributed by atoms with Crippen LogP contribution in [0.25, 0.3) is 0 Å². The molecule has 0 saturated carbocycles. The standard InChI is InChI=1S/C17H19N3O/c1-3-5-14-7-9-15(10-8-14)13(2)19-20-17(21)16-6-4-11-18-12-16/h4,6-12H,3,5H2,1-2H3,(H,20,21). The van der Waals surface area contributed by atoms with Crippen molar-refractivity contribution in [2.45, 2.75) is 26.7 Å². The first-order valence-electron chi connectivity index (χ1n) is 7.04. The van der Waals surface area contributed by atoms with Crippen molar-refractivity contribution in [3.63, 3.8) is 0 Å². The molecule has 1 N–H and O–H groups in total. The molecule has 0 atom stereocenters. The van der Waals surface area contributed by atoms with Crippen molar-refractivity contribution in [3.05, 3.63) is 65.5 Å². The number of rotatable bonds is 5. The van der Waals surface area contributed by atoms with E-state index in [1.165, 1.54) is 11.8 Å². The Morgan fingerprint density at radius 1 is 1.19 bits per heavy atom. The fourth-order valence-electron chi connectivity index (χ4n) is 1.96. The van der Waals surface area contributed by atoms with Crippen molar-refractivity contribution in [2.24, 2.45) is 5.10 Å². The van der Waals surface area contributed by atoms with Crippen LogP contribution in [0.2, 0.25) is 0 Å². The molecule has 4 nitrogen and oxygen atoms in total. The molecule has 21 heavy (non-hydrogen) atoms. The first-order valence-corrected chi connectivity index (χ1v) is 7.04. The summed E-state index contributed by atoms with van der Waals surface area (Å²) in [6, 6.07) is 11.7. The number of aromatic nitrogens is 1. The van der Waals surface area contributed by atoms with Gasteiger partial charge in [0.25, 0.3) is 5.91 Å². The van der Waals surface area contributed by atoms with Crippen LogP contribution in [0.3, 0.4) is 0 Å². The summed E-state index contributed by atoms with van der Waals surface area (Å²) in [6.45, 7) is 4.03. The lowest BCUT2D eigenvalue weighted by molar-refractivity contribution is 0.0954. The third kappa shape index (κ3) is 4.24. The average Bonchev–Trinajstić information content (AvgIpc) is 2.54. The SMILES string of the molecule is CCCc1ccc(C(C)=NNC(=O)c2cccnc2)cc1. The molecule has 4 heteroatoms. The highest BCUT2D eigenvalue weighted by Gasteiger charge is 2.04. The van der Waals surface area contributed by atoms with Crippen LogP contribution in [-0.4, -0.2) is 16.6 Å². The van der Waals surface area contributed by atoms with Gasteiger partial charge in [-0.3, -0.25) is 9.78 Å². The van der Waals surface area contributed by atoms with Crippen molar-refractivity contribution >= 4 is 11.6 Å². The third-order valence-corrected chi connectivity index (χ3v) is 3.16. The van der Waals surface area contributed by atoms with Gasteiger partial charge in [-0.15, -0.1) is 0 Å². The summed E-state index contributed by atoms with van der Waals surface area (Å²) >= 11 is 0. The van der Waals surface area contributed by atoms with Gasteiger partial charge in [0.2, 0.25) is 0 Å².